The summed E-state index contributed by atoms with van der Waals surface area (Å²) in [6, 6.07) is 16.1. The van der Waals surface area contributed by atoms with E-state index in [0.29, 0.717) is 0 Å². The topological polar surface area (TPSA) is 41.1 Å². The van der Waals surface area contributed by atoms with Gasteiger partial charge in [0.15, 0.2) is 0 Å². The zero-order valence-corrected chi connectivity index (χ0v) is 13.0. The number of carbonyl (C=O) groups excluding carboxylic acids is 1. The van der Waals surface area contributed by atoms with Crippen molar-refractivity contribution in [1.82, 2.24) is 0 Å². The number of nitrogens with one attached hydrogen (secondary N) is 2. The van der Waals surface area contributed by atoms with Gasteiger partial charge in [-0.25, -0.2) is 0 Å². The van der Waals surface area contributed by atoms with E-state index in [1.165, 1.54) is 12.5 Å². The van der Waals surface area contributed by atoms with Crippen molar-refractivity contribution in [2.24, 2.45) is 0 Å². The molecule has 0 aliphatic heterocycles. The molecule has 0 aliphatic rings. The van der Waals surface area contributed by atoms with E-state index in [4.69, 9.17) is 0 Å². The Hall–Kier alpha value is -2.29. The van der Waals surface area contributed by atoms with Gasteiger partial charge in [-0.3, -0.25) is 4.79 Å². The number of amides is 1. The van der Waals surface area contributed by atoms with E-state index in [0.717, 1.165) is 17.1 Å². The minimum absolute atomic E-state index is 0.0616. The molecular weight excluding hydrogens is 260 g/mol. The molecule has 0 fully saturated rings. The van der Waals surface area contributed by atoms with Crippen LogP contribution >= 0.6 is 0 Å². The van der Waals surface area contributed by atoms with E-state index >= 15 is 0 Å². The second-order valence-electron chi connectivity index (χ2n) is 6.21. The normalized spacial score (nSPS) is 11.0. The van der Waals surface area contributed by atoms with Crippen LogP contribution in [0.3, 0.4) is 0 Å². The molecule has 0 spiro atoms. The predicted molar refractivity (Wildman–Crippen MR) is 89.2 cm³/mol. The van der Waals surface area contributed by atoms with Crippen LogP contribution in [0.15, 0.2) is 48.5 Å². The number of benzene rings is 2. The van der Waals surface area contributed by atoms with E-state index in [2.05, 4.69) is 55.7 Å². The first-order valence-electron chi connectivity index (χ1n) is 7.10. The maximum Gasteiger partial charge on any atom is 0.221 e. The molecule has 0 saturated heterocycles. The van der Waals surface area contributed by atoms with Crippen molar-refractivity contribution in [3.05, 3.63) is 54.1 Å². The van der Waals surface area contributed by atoms with Gasteiger partial charge in [-0.2, -0.15) is 0 Å². The van der Waals surface area contributed by atoms with E-state index in [9.17, 15) is 4.79 Å². The molecule has 21 heavy (non-hydrogen) atoms. The maximum atomic E-state index is 11.0. The summed E-state index contributed by atoms with van der Waals surface area (Å²) < 4.78 is 0. The summed E-state index contributed by atoms with van der Waals surface area (Å²) in [5.74, 6) is -0.0616. The van der Waals surface area contributed by atoms with Crippen molar-refractivity contribution in [3.8, 4) is 0 Å². The second-order valence-corrected chi connectivity index (χ2v) is 6.21. The van der Waals surface area contributed by atoms with Gasteiger partial charge in [-0.1, -0.05) is 32.9 Å². The fourth-order valence-corrected chi connectivity index (χ4v) is 2.06. The molecular formula is C18H22N2O. The number of hydrogen-bond donors (Lipinski definition) is 2. The van der Waals surface area contributed by atoms with Gasteiger partial charge in [-0.15, -0.1) is 0 Å². The average molecular weight is 282 g/mol. The minimum atomic E-state index is -0.0616. The van der Waals surface area contributed by atoms with E-state index < -0.39 is 0 Å². The molecule has 0 unspecified atom stereocenters. The molecule has 0 aromatic heterocycles. The molecule has 0 radical (unpaired) electrons. The molecule has 2 aromatic rings. The fourth-order valence-electron chi connectivity index (χ4n) is 2.06. The fraction of sp³-hybridized carbons (Fsp3) is 0.278. The number of anilines is 3. The molecule has 0 heterocycles. The van der Waals surface area contributed by atoms with Crippen molar-refractivity contribution in [1.29, 1.82) is 0 Å². The molecule has 0 atom stereocenters. The third-order valence-corrected chi connectivity index (χ3v) is 3.24. The van der Waals surface area contributed by atoms with Crippen LogP contribution in [0.2, 0.25) is 0 Å². The Bertz CT molecular complexity index is 607. The molecule has 2 aromatic carbocycles. The lowest BCUT2D eigenvalue weighted by atomic mass is 9.87. The summed E-state index contributed by atoms with van der Waals surface area (Å²) in [5.41, 5.74) is 4.33. The Labute approximate surface area is 126 Å². The van der Waals surface area contributed by atoms with Gasteiger partial charge >= 0.3 is 0 Å². The van der Waals surface area contributed by atoms with Gasteiger partial charge < -0.3 is 10.6 Å². The zero-order chi connectivity index (χ0) is 15.5. The Kier molecular flexibility index (Phi) is 4.32. The summed E-state index contributed by atoms with van der Waals surface area (Å²) in [5, 5.41) is 6.10. The van der Waals surface area contributed by atoms with E-state index in [-0.39, 0.29) is 11.3 Å². The highest BCUT2D eigenvalue weighted by atomic mass is 16.1. The summed E-state index contributed by atoms with van der Waals surface area (Å²) in [6.07, 6.45) is 0. The summed E-state index contributed by atoms with van der Waals surface area (Å²) >= 11 is 0. The van der Waals surface area contributed by atoms with Crippen molar-refractivity contribution < 1.29 is 4.79 Å². The SMILES string of the molecule is CC(=O)Nc1ccc(Nc2ccc(C(C)(C)C)cc2)cc1. The first-order valence-corrected chi connectivity index (χ1v) is 7.10. The van der Waals surface area contributed by atoms with E-state index in [1.54, 1.807) is 0 Å². The lowest BCUT2D eigenvalue weighted by Crippen LogP contribution is -2.10. The maximum absolute atomic E-state index is 11.0. The second kappa shape index (κ2) is 6.00. The summed E-state index contributed by atoms with van der Waals surface area (Å²) in [6.45, 7) is 8.12. The lowest BCUT2D eigenvalue weighted by molar-refractivity contribution is -0.114. The quantitative estimate of drug-likeness (QED) is 0.857. The van der Waals surface area contributed by atoms with Crippen molar-refractivity contribution in [2.45, 2.75) is 33.1 Å². The first-order chi connectivity index (χ1) is 9.84. The third-order valence-electron chi connectivity index (χ3n) is 3.24. The van der Waals surface area contributed by atoms with Crippen LogP contribution in [-0.2, 0) is 10.2 Å². The molecule has 2 rings (SSSR count). The molecule has 3 heteroatoms. The molecule has 2 N–H and O–H groups in total. The van der Waals surface area contributed by atoms with Gasteiger partial charge in [0.2, 0.25) is 5.91 Å². The van der Waals surface area contributed by atoms with Crippen LogP contribution in [0.1, 0.15) is 33.3 Å². The first kappa shape index (κ1) is 15.1. The lowest BCUT2D eigenvalue weighted by Gasteiger charge is -2.19. The Balaban J connectivity index is 2.06. The zero-order valence-electron chi connectivity index (χ0n) is 13.0. The van der Waals surface area contributed by atoms with Crippen molar-refractivity contribution in [2.75, 3.05) is 10.6 Å². The summed E-state index contributed by atoms with van der Waals surface area (Å²) in [4.78, 5) is 11.0. The Morgan fingerprint density at radius 2 is 1.24 bits per heavy atom. The number of carbonyl (C=O) groups is 1. The minimum Gasteiger partial charge on any atom is -0.356 e. The van der Waals surface area contributed by atoms with Crippen LogP contribution < -0.4 is 10.6 Å². The standard InChI is InChI=1S/C18H22N2O/c1-13(21)19-15-9-11-17(12-10-15)20-16-7-5-14(6-8-16)18(2,3)4/h5-12,20H,1-4H3,(H,19,21). The van der Waals surface area contributed by atoms with Crippen LogP contribution in [0.5, 0.6) is 0 Å². The van der Waals surface area contributed by atoms with E-state index in [1.807, 2.05) is 24.3 Å². The molecule has 1 amide bonds. The van der Waals surface area contributed by atoms with Gasteiger partial charge in [0, 0.05) is 24.0 Å². The molecule has 3 nitrogen and oxygen atoms in total. The Morgan fingerprint density at radius 3 is 1.67 bits per heavy atom. The molecule has 110 valence electrons. The molecule has 0 aliphatic carbocycles. The predicted octanol–water partition coefficient (Wildman–Crippen LogP) is 4.69. The van der Waals surface area contributed by atoms with Crippen LogP contribution in [0.4, 0.5) is 17.1 Å². The highest BCUT2D eigenvalue weighted by Gasteiger charge is 2.12. The number of hydrogen-bond acceptors (Lipinski definition) is 2. The Morgan fingerprint density at radius 1 is 0.810 bits per heavy atom. The molecule has 0 saturated carbocycles. The smallest absolute Gasteiger partial charge is 0.221 e. The van der Waals surface area contributed by atoms with Crippen molar-refractivity contribution in [3.63, 3.8) is 0 Å². The van der Waals surface area contributed by atoms with Crippen LogP contribution in [-0.4, -0.2) is 5.91 Å². The molecule has 0 bridgehead atoms. The van der Waals surface area contributed by atoms with Gasteiger partial charge in [0.05, 0.1) is 0 Å². The highest BCUT2D eigenvalue weighted by Crippen LogP contribution is 2.25. The van der Waals surface area contributed by atoms with Gasteiger partial charge in [0.25, 0.3) is 0 Å². The monoisotopic (exact) mass is 282 g/mol. The average Bonchev–Trinajstić information content (AvgIpc) is 2.40. The van der Waals surface area contributed by atoms with Gasteiger partial charge in [0.1, 0.15) is 0 Å². The highest BCUT2D eigenvalue weighted by molar-refractivity contribution is 5.88. The summed E-state index contributed by atoms with van der Waals surface area (Å²) in [7, 11) is 0. The largest absolute Gasteiger partial charge is 0.356 e. The van der Waals surface area contributed by atoms with Crippen molar-refractivity contribution >= 4 is 23.0 Å². The van der Waals surface area contributed by atoms with Crippen LogP contribution in [0.25, 0.3) is 0 Å². The number of rotatable bonds is 3. The van der Waals surface area contributed by atoms with Crippen LogP contribution in [0, 0.1) is 0 Å². The third kappa shape index (κ3) is 4.35. The van der Waals surface area contributed by atoms with Gasteiger partial charge in [-0.05, 0) is 47.4 Å².